The van der Waals surface area contributed by atoms with Crippen LogP contribution >= 0.6 is 23.2 Å². The van der Waals surface area contributed by atoms with E-state index < -0.39 is 16.1 Å². The first-order valence-corrected chi connectivity index (χ1v) is 14.6. The molecule has 37 heavy (non-hydrogen) atoms. The predicted molar refractivity (Wildman–Crippen MR) is 149 cm³/mol. The Hall–Kier alpha value is -2.49. The highest BCUT2D eigenvalue weighted by atomic mass is 35.5. The summed E-state index contributed by atoms with van der Waals surface area (Å²) in [4.78, 5) is 27.7. The van der Waals surface area contributed by atoms with Crippen molar-refractivity contribution in [3.63, 3.8) is 0 Å². The number of hydrogen-bond donors (Lipinski definition) is 1. The number of amides is 2. The van der Waals surface area contributed by atoms with Crippen LogP contribution in [0.2, 0.25) is 10.0 Å². The molecule has 1 N–H and O–H groups in total. The minimum Gasteiger partial charge on any atom is -0.497 e. The van der Waals surface area contributed by atoms with E-state index in [1.54, 1.807) is 49.4 Å². The van der Waals surface area contributed by atoms with Crippen LogP contribution in [0.5, 0.6) is 5.75 Å². The molecule has 0 saturated carbocycles. The van der Waals surface area contributed by atoms with Crippen LogP contribution in [0.25, 0.3) is 0 Å². The van der Waals surface area contributed by atoms with Gasteiger partial charge in [-0.3, -0.25) is 13.9 Å². The van der Waals surface area contributed by atoms with Gasteiger partial charge in [-0.25, -0.2) is 8.42 Å². The van der Waals surface area contributed by atoms with Crippen LogP contribution in [0.1, 0.15) is 45.6 Å². The molecule has 2 rings (SSSR count). The molecule has 2 aromatic rings. The first-order chi connectivity index (χ1) is 17.4. The molecule has 0 aliphatic heterocycles. The van der Waals surface area contributed by atoms with Crippen LogP contribution in [0.15, 0.2) is 42.5 Å². The van der Waals surface area contributed by atoms with Crippen LogP contribution in [-0.2, 0) is 26.2 Å². The number of ether oxygens (including phenoxy) is 1. The van der Waals surface area contributed by atoms with E-state index in [0.717, 1.165) is 18.2 Å². The molecule has 0 aliphatic rings. The lowest BCUT2D eigenvalue weighted by atomic mass is 10.1. The fourth-order valence-corrected chi connectivity index (χ4v) is 4.93. The molecular formula is C26H35Cl2N3O5S. The minimum absolute atomic E-state index is 0.0388. The maximum Gasteiger partial charge on any atom is 0.242 e. The quantitative estimate of drug-likeness (QED) is 0.369. The summed E-state index contributed by atoms with van der Waals surface area (Å²) in [5.41, 5.74) is 1.17. The summed E-state index contributed by atoms with van der Waals surface area (Å²) in [6.07, 6.45) is 2.16. The highest BCUT2D eigenvalue weighted by molar-refractivity contribution is 7.92. The number of methoxy groups -OCH3 is 1. The summed E-state index contributed by atoms with van der Waals surface area (Å²) in [5, 5.41) is 3.66. The number of sulfonamides is 1. The zero-order valence-corrected chi connectivity index (χ0v) is 24.2. The monoisotopic (exact) mass is 571 g/mol. The Morgan fingerprint density at radius 1 is 1.08 bits per heavy atom. The lowest BCUT2D eigenvalue weighted by Crippen LogP contribution is -2.49. The molecule has 0 saturated heterocycles. The van der Waals surface area contributed by atoms with Crippen molar-refractivity contribution in [2.45, 2.75) is 58.7 Å². The smallest absolute Gasteiger partial charge is 0.242 e. The van der Waals surface area contributed by atoms with Gasteiger partial charge in [0.2, 0.25) is 21.8 Å². The van der Waals surface area contributed by atoms with Crippen molar-refractivity contribution in [3.05, 3.63) is 58.1 Å². The van der Waals surface area contributed by atoms with Gasteiger partial charge >= 0.3 is 0 Å². The number of nitrogens with zero attached hydrogens (tertiary/aromatic N) is 2. The second kappa shape index (κ2) is 13.9. The molecule has 0 spiro atoms. The summed E-state index contributed by atoms with van der Waals surface area (Å²) < 4.78 is 31.4. The van der Waals surface area contributed by atoms with E-state index in [1.165, 1.54) is 16.3 Å². The van der Waals surface area contributed by atoms with E-state index in [0.29, 0.717) is 21.5 Å². The third kappa shape index (κ3) is 9.09. The average Bonchev–Trinajstić information content (AvgIpc) is 2.85. The number of halogens is 2. The Kier molecular flexibility index (Phi) is 11.5. The number of carbonyl (C=O) groups is 2. The zero-order chi connectivity index (χ0) is 27.8. The van der Waals surface area contributed by atoms with Crippen molar-refractivity contribution >= 4 is 50.7 Å². The van der Waals surface area contributed by atoms with Gasteiger partial charge in [0.05, 0.1) is 29.1 Å². The molecule has 0 bridgehead atoms. The van der Waals surface area contributed by atoms with Gasteiger partial charge < -0.3 is 15.0 Å². The van der Waals surface area contributed by atoms with E-state index in [1.807, 2.05) is 13.8 Å². The number of carbonyl (C=O) groups excluding carboxylic acids is 2. The summed E-state index contributed by atoms with van der Waals surface area (Å²) in [7, 11) is -2.10. The molecule has 2 amide bonds. The fourth-order valence-electron chi connectivity index (χ4n) is 3.65. The fraction of sp³-hybridized carbons (Fsp3) is 0.462. The van der Waals surface area contributed by atoms with Crippen molar-refractivity contribution in [1.82, 2.24) is 10.2 Å². The molecule has 2 aromatic carbocycles. The van der Waals surface area contributed by atoms with Crippen molar-refractivity contribution in [3.8, 4) is 5.75 Å². The second-order valence-electron chi connectivity index (χ2n) is 8.90. The molecule has 2 atom stereocenters. The SMILES string of the molecule is CC[C@H](C)NC(=O)[C@@H](C)N(Cc1ccc(Cl)c(Cl)c1)C(=O)CCCN(c1cccc(OC)c1)S(C)(=O)=O. The average molecular weight is 573 g/mol. The highest BCUT2D eigenvalue weighted by Crippen LogP contribution is 2.25. The van der Waals surface area contributed by atoms with Crippen LogP contribution in [0, 0.1) is 0 Å². The standard InChI is InChI=1S/C26H35Cl2N3O5S/c1-6-18(2)29-26(33)19(3)30(17-20-12-13-23(27)24(28)15-20)25(32)11-8-14-31(37(5,34)35)21-9-7-10-22(16-21)36-4/h7,9-10,12-13,15-16,18-19H,6,8,11,14,17H2,1-5H3,(H,29,33)/t18-,19+/m0/s1. The predicted octanol–water partition coefficient (Wildman–Crippen LogP) is 4.88. The highest BCUT2D eigenvalue weighted by Gasteiger charge is 2.27. The van der Waals surface area contributed by atoms with Crippen molar-refractivity contribution in [2.75, 3.05) is 24.2 Å². The molecule has 0 aromatic heterocycles. The maximum atomic E-state index is 13.4. The second-order valence-corrected chi connectivity index (χ2v) is 11.6. The Labute approximate surface area is 229 Å². The molecule has 0 heterocycles. The van der Waals surface area contributed by atoms with E-state index in [-0.39, 0.29) is 43.8 Å². The van der Waals surface area contributed by atoms with Gasteiger partial charge in [0.1, 0.15) is 11.8 Å². The molecular weight excluding hydrogens is 537 g/mol. The van der Waals surface area contributed by atoms with Gasteiger partial charge in [-0.1, -0.05) is 42.3 Å². The van der Waals surface area contributed by atoms with E-state index in [9.17, 15) is 18.0 Å². The van der Waals surface area contributed by atoms with Crippen molar-refractivity contribution in [1.29, 1.82) is 0 Å². The van der Waals surface area contributed by atoms with E-state index in [2.05, 4.69) is 5.32 Å². The van der Waals surface area contributed by atoms with Crippen molar-refractivity contribution < 1.29 is 22.7 Å². The first kappa shape index (κ1) is 30.7. The summed E-state index contributed by atoms with van der Waals surface area (Å²) in [5.74, 6) is -0.0231. The molecule has 0 fully saturated rings. The lowest BCUT2D eigenvalue weighted by molar-refractivity contribution is -0.140. The van der Waals surface area contributed by atoms with Crippen LogP contribution < -0.4 is 14.4 Å². The molecule has 8 nitrogen and oxygen atoms in total. The minimum atomic E-state index is -3.60. The normalized spacial score (nSPS) is 12.9. The summed E-state index contributed by atoms with van der Waals surface area (Å²) in [6.45, 7) is 5.77. The van der Waals surface area contributed by atoms with Crippen LogP contribution in [0.4, 0.5) is 5.69 Å². The van der Waals surface area contributed by atoms with Crippen LogP contribution in [-0.4, -0.2) is 57.1 Å². The molecule has 0 radical (unpaired) electrons. The number of benzene rings is 2. The van der Waals surface area contributed by atoms with E-state index >= 15 is 0 Å². The third-order valence-electron chi connectivity index (χ3n) is 6.00. The van der Waals surface area contributed by atoms with Gasteiger partial charge in [0.25, 0.3) is 0 Å². The van der Waals surface area contributed by atoms with Crippen LogP contribution in [0.3, 0.4) is 0 Å². The molecule has 0 unspecified atom stereocenters. The van der Waals surface area contributed by atoms with Gasteiger partial charge in [0.15, 0.2) is 0 Å². The third-order valence-corrected chi connectivity index (χ3v) is 7.93. The number of hydrogen-bond acceptors (Lipinski definition) is 5. The van der Waals surface area contributed by atoms with Crippen molar-refractivity contribution in [2.24, 2.45) is 0 Å². The summed E-state index contributed by atoms with van der Waals surface area (Å²) in [6, 6.07) is 11.0. The largest absolute Gasteiger partial charge is 0.497 e. The lowest BCUT2D eigenvalue weighted by Gasteiger charge is -2.30. The first-order valence-electron chi connectivity index (χ1n) is 12.0. The Morgan fingerprint density at radius 2 is 1.78 bits per heavy atom. The maximum absolute atomic E-state index is 13.4. The van der Waals surface area contributed by atoms with Gasteiger partial charge in [-0.05, 0) is 56.5 Å². The number of nitrogens with one attached hydrogen (secondary N) is 1. The molecule has 11 heteroatoms. The molecule has 0 aliphatic carbocycles. The van der Waals surface area contributed by atoms with E-state index in [4.69, 9.17) is 27.9 Å². The topological polar surface area (TPSA) is 96.0 Å². The Morgan fingerprint density at radius 3 is 2.38 bits per heavy atom. The van der Waals surface area contributed by atoms with Gasteiger partial charge in [-0.2, -0.15) is 0 Å². The Bertz CT molecular complexity index is 1190. The van der Waals surface area contributed by atoms with Gasteiger partial charge in [-0.15, -0.1) is 0 Å². The number of rotatable bonds is 13. The summed E-state index contributed by atoms with van der Waals surface area (Å²) >= 11 is 12.2. The zero-order valence-electron chi connectivity index (χ0n) is 21.8. The molecule has 204 valence electrons. The van der Waals surface area contributed by atoms with Gasteiger partial charge in [0, 0.05) is 31.6 Å². The number of anilines is 1. The Balaban J connectivity index is 2.21.